The van der Waals surface area contributed by atoms with Crippen LogP contribution in [-0.2, 0) is 4.79 Å². The van der Waals surface area contributed by atoms with Gasteiger partial charge in [-0.1, -0.05) is 0 Å². The molecular weight excluding hydrogens is 320 g/mol. The quantitative estimate of drug-likeness (QED) is 0.771. The van der Waals surface area contributed by atoms with Gasteiger partial charge < -0.3 is 9.80 Å². The van der Waals surface area contributed by atoms with Crippen LogP contribution in [0.1, 0.15) is 13.8 Å². The Bertz CT molecular complexity index is 317. The molecule has 2 aliphatic rings. The molecule has 6 heteroatoms. The molecule has 0 atom stereocenters. The smallest absolute Gasteiger partial charge is 0.242 e. The van der Waals surface area contributed by atoms with Gasteiger partial charge in [-0.05, 0) is 13.8 Å². The maximum absolute atomic E-state index is 12.0. The van der Waals surface area contributed by atoms with Crippen molar-refractivity contribution in [1.82, 2.24) is 9.80 Å². The van der Waals surface area contributed by atoms with Gasteiger partial charge in [0.25, 0.3) is 0 Å². The summed E-state index contributed by atoms with van der Waals surface area (Å²) in [7, 11) is 0. The summed E-state index contributed by atoms with van der Waals surface area (Å²) in [5, 5.41) is 0. The summed E-state index contributed by atoms with van der Waals surface area (Å²) in [5.74, 6) is 3.41. The fraction of sp³-hybridized carbons (Fsp3) is 0.727. The van der Waals surface area contributed by atoms with Crippen molar-refractivity contribution in [1.29, 1.82) is 0 Å². The van der Waals surface area contributed by atoms with Crippen LogP contribution in [0.4, 0.5) is 0 Å². The van der Waals surface area contributed by atoms with Crippen molar-refractivity contribution in [3.8, 4) is 0 Å². The molecule has 1 fully saturated rings. The molecule has 2 aliphatic heterocycles. The topological polar surface area (TPSA) is 23.6 Å². The second kappa shape index (κ2) is 6.95. The van der Waals surface area contributed by atoms with Crippen molar-refractivity contribution < 1.29 is 4.79 Å². The number of carbonyl (C=O) groups is 1. The van der Waals surface area contributed by atoms with Gasteiger partial charge in [-0.2, -0.15) is 11.8 Å². The Morgan fingerprint density at radius 2 is 1.94 bits per heavy atom. The van der Waals surface area contributed by atoms with Crippen molar-refractivity contribution in [2.45, 2.75) is 13.8 Å². The number of hydrogen-bond donors (Lipinski definition) is 0. The second-order valence-corrected chi connectivity index (χ2v) is 6.49. The SMILES string of the molecule is Br.CC1=C(C)N(CC(=O)N2CCSCC2)CS1. The van der Waals surface area contributed by atoms with Gasteiger partial charge in [-0.3, -0.25) is 4.79 Å². The van der Waals surface area contributed by atoms with Gasteiger partial charge >= 0.3 is 0 Å². The normalized spacial score (nSPS) is 20.6. The van der Waals surface area contributed by atoms with E-state index in [1.165, 1.54) is 10.6 Å². The van der Waals surface area contributed by atoms with E-state index in [4.69, 9.17) is 0 Å². The highest BCUT2D eigenvalue weighted by Gasteiger charge is 2.23. The van der Waals surface area contributed by atoms with Crippen LogP contribution in [0.3, 0.4) is 0 Å². The molecule has 0 spiro atoms. The molecule has 0 unspecified atom stereocenters. The number of hydrogen-bond acceptors (Lipinski definition) is 4. The average molecular weight is 339 g/mol. The summed E-state index contributed by atoms with van der Waals surface area (Å²) in [4.78, 5) is 17.6. The average Bonchev–Trinajstić information content (AvgIpc) is 2.62. The Hall–Kier alpha value is 0.190. The predicted octanol–water partition coefficient (Wildman–Crippen LogP) is 2.40. The Morgan fingerprint density at radius 3 is 2.47 bits per heavy atom. The lowest BCUT2D eigenvalue weighted by molar-refractivity contribution is -0.131. The molecule has 0 radical (unpaired) electrons. The van der Waals surface area contributed by atoms with Crippen molar-refractivity contribution in [2.75, 3.05) is 37.0 Å². The highest BCUT2D eigenvalue weighted by Crippen LogP contribution is 2.30. The lowest BCUT2D eigenvalue weighted by atomic mass is 10.3. The Morgan fingerprint density at radius 1 is 1.29 bits per heavy atom. The van der Waals surface area contributed by atoms with E-state index in [0.29, 0.717) is 6.54 Å². The number of rotatable bonds is 2. The zero-order chi connectivity index (χ0) is 11.5. The summed E-state index contributed by atoms with van der Waals surface area (Å²) in [6.07, 6.45) is 0. The van der Waals surface area contributed by atoms with Crippen molar-refractivity contribution in [3.63, 3.8) is 0 Å². The second-order valence-electron chi connectivity index (χ2n) is 4.11. The van der Waals surface area contributed by atoms with Gasteiger partial charge in [-0.25, -0.2) is 0 Å². The predicted molar refractivity (Wildman–Crippen MR) is 81.8 cm³/mol. The standard InChI is InChI=1S/C11H18N2OS2.BrH/c1-9-10(2)16-8-13(9)7-11(14)12-3-5-15-6-4-12;/h3-8H2,1-2H3;1H. The van der Waals surface area contributed by atoms with Crippen LogP contribution in [0.2, 0.25) is 0 Å². The fourth-order valence-corrected chi connectivity index (χ4v) is 3.71. The first-order valence-corrected chi connectivity index (χ1v) is 7.73. The summed E-state index contributed by atoms with van der Waals surface area (Å²) in [6, 6.07) is 0. The summed E-state index contributed by atoms with van der Waals surface area (Å²) in [6.45, 7) is 6.63. The van der Waals surface area contributed by atoms with Gasteiger partial charge in [0.2, 0.25) is 5.91 Å². The van der Waals surface area contributed by atoms with Crippen LogP contribution in [0, 0.1) is 0 Å². The molecule has 0 aromatic heterocycles. The van der Waals surface area contributed by atoms with Crippen LogP contribution in [-0.4, -0.2) is 52.7 Å². The first kappa shape index (κ1) is 15.2. The molecule has 0 N–H and O–H groups in total. The Kier molecular flexibility index (Phi) is 6.23. The molecule has 0 aliphatic carbocycles. The van der Waals surface area contributed by atoms with Crippen LogP contribution >= 0.6 is 40.5 Å². The molecule has 17 heavy (non-hydrogen) atoms. The Labute approximate surface area is 122 Å². The van der Waals surface area contributed by atoms with E-state index in [1.54, 1.807) is 0 Å². The molecule has 1 amide bonds. The van der Waals surface area contributed by atoms with Crippen LogP contribution < -0.4 is 0 Å². The summed E-state index contributed by atoms with van der Waals surface area (Å²) < 4.78 is 0. The largest absolute Gasteiger partial charge is 0.356 e. The third kappa shape index (κ3) is 3.83. The van der Waals surface area contributed by atoms with Crippen LogP contribution in [0.5, 0.6) is 0 Å². The van der Waals surface area contributed by atoms with Gasteiger partial charge in [-0.15, -0.1) is 28.7 Å². The van der Waals surface area contributed by atoms with Gasteiger partial charge in [0.15, 0.2) is 0 Å². The molecule has 0 saturated carbocycles. The molecular formula is C11H19BrN2OS2. The molecule has 2 rings (SSSR count). The maximum atomic E-state index is 12.0. The minimum atomic E-state index is 0. The number of amides is 1. The summed E-state index contributed by atoms with van der Waals surface area (Å²) >= 11 is 3.77. The third-order valence-corrected chi connectivity index (χ3v) is 5.22. The van der Waals surface area contributed by atoms with Crippen LogP contribution in [0.15, 0.2) is 10.6 Å². The lowest BCUT2D eigenvalue weighted by Crippen LogP contribution is -2.43. The van der Waals surface area contributed by atoms with Gasteiger partial charge in [0, 0.05) is 35.2 Å². The third-order valence-electron chi connectivity index (χ3n) is 3.11. The minimum absolute atomic E-state index is 0. The van der Waals surface area contributed by atoms with E-state index in [1.807, 2.05) is 28.4 Å². The summed E-state index contributed by atoms with van der Waals surface area (Å²) in [5.41, 5.74) is 1.27. The zero-order valence-electron chi connectivity index (χ0n) is 10.3. The maximum Gasteiger partial charge on any atom is 0.242 e. The number of halogens is 1. The van der Waals surface area contributed by atoms with E-state index in [2.05, 4.69) is 18.7 Å². The molecule has 2 heterocycles. The van der Waals surface area contributed by atoms with E-state index >= 15 is 0 Å². The molecule has 1 saturated heterocycles. The molecule has 98 valence electrons. The van der Waals surface area contributed by atoms with E-state index < -0.39 is 0 Å². The Balaban J connectivity index is 0.00000144. The number of thioether (sulfide) groups is 2. The molecule has 0 aromatic carbocycles. The molecule has 3 nitrogen and oxygen atoms in total. The fourth-order valence-electron chi connectivity index (χ4n) is 1.84. The van der Waals surface area contributed by atoms with Gasteiger partial charge in [0.1, 0.15) is 0 Å². The first-order chi connectivity index (χ1) is 7.68. The van der Waals surface area contributed by atoms with E-state index in [-0.39, 0.29) is 22.9 Å². The van der Waals surface area contributed by atoms with Gasteiger partial charge in [0.05, 0.1) is 12.4 Å². The monoisotopic (exact) mass is 338 g/mol. The molecule has 0 aromatic rings. The van der Waals surface area contributed by atoms with Crippen molar-refractivity contribution in [2.24, 2.45) is 0 Å². The highest BCUT2D eigenvalue weighted by molar-refractivity contribution is 8.93. The first-order valence-electron chi connectivity index (χ1n) is 5.59. The van der Waals surface area contributed by atoms with Crippen molar-refractivity contribution >= 4 is 46.4 Å². The number of nitrogens with zero attached hydrogens (tertiary/aromatic N) is 2. The van der Waals surface area contributed by atoms with Crippen LogP contribution in [0.25, 0.3) is 0 Å². The number of allylic oxidation sites excluding steroid dienone is 2. The number of carbonyl (C=O) groups excluding carboxylic acids is 1. The minimum Gasteiger partial charge on any atom is -0.356 e. The molecule has 0 bridgehead atoms. The highest BCUT2D eigenvalue weighted by atomic mass is 79.9. The zero-order valence-corrected chi connectivity index (χ0v) is 13.6. The van der Waals surface area contributed by atoms with E-state index in [0.717, 1.165) is 30.5 Å². The van der Waals surface area contributed by atoms with E-state index in [9.17, 15) is 4.79 Å². The van der Waals surface area contributed by atoms with Crippen molar-refractivity contribution in [3.05, 3.63) is 10.6 Å². The lowest BCUT2D eigenvalue weighted by Gasteiger charge is -2.29.